The first-order valence-corrected chi connectivity index (χ1v) is 11.4. The third-order valence-electron chi connectivity index (χ3n) is 5.84. The second-order valence-corrected chi connectivity index (χ2v) is 10.1. The minimum atomic E-state index is -3.16. The summed E-state index contributed by atoms with van der Waals surface area (Å²) in [5.41, 5.74) is -0.849. The minimum absolute atomic E-state index is 0.0284. The van der Waals surface area contributed by atoms with E-state index in [9.17, 15) is 22.8 Å². The highest BCUT2D eigenvalue weighted by Crippen LogP contribution is 2.36. The molecule has 0 spiro atoms. The number of likely N-dealkylation sites (N-methyl/N-ethyl adjacent to an activating group) is 1. The quantitative estimate of drug-likeness (QED) is 0.651. The number of ether oxygens (including phenoxy) is 2. The van der Waals surface area contributed by atoms with Crippen LogP contribution in [0, 0.1) is 0 Å². The average Bonchev–Trinajstić information content (AvgIpc) is 3.19. The lowest BCUT2D eigenvalue weighted by Crippen LogP contribution is -2.46. The van der Waals surface area contributed by atoms with Gasteiger partial charge in [0.05, 0.1) is 11.5 Å². The molecule has 10 nitrogen and oxygen atoms in total. The van der Waals surface area contributed by atoms with Crippen LogP contribution in [0.4, 0.5) is 4.79 Å². The van der Waals surface area contributed by atoms with Gasteiger partial charge in [-0.25, -0.2) is 13.2 Å². The number of nitrogens with one attached hydrogen (secondary N) is 1. The van der Waals surface area contributed by atoms with Gasteiger partial charge in [-0.3, -0.25) is 14.5 Å². The van der Waals surface area contributed by atoms with Crippen molar-refractivity contribution >= 4 is 27.7 Å². The van der Waals surface area contributed by atoms with Crippen molar-refractivity contribution in [3.05, 3.63) is 23.8 Å². The molecule has 0 aliphatic carbocycles. The van der Waals surface area contributed by atoms with Crippen LogP contribution in [-0.2, 0) is 25.0 Å². The standard InChI is InChI=1S/C19H23N3O7S/c1-19(12-3-4-14-15(9-12)29-7-6-28-14)17(24)22(18(25)20-19)10-16(23)21(2)13-5-8-30(26,27)11-13/h3-4,9,13H,5-8,10-11H2,1-2H3,(H,20,25)/t13-,19-/m0/s1. The van der Waals surface area contributed by atoms with Gasteiger partial charge >= 0.3 is 6.03 Å². The molecule has 1 aromatic carbocycles. The molecule has 2 saturated heterocycles. The molecule has 30 heavy (non-hydrogen) atoms. The molecule has 1 N–H and O–H groups in total. The van der Waals surface area contributed by atoms with Crippen molar-refractivity contribution < 1.29 is 32.3 Å². The molecule has 4 rings (SSSR count). The molecule has 162 valence electrons. The lowest BCUT2D eigenvalue weighted by atomic mass is 9.91. The highest BCUT2D eigenvalue weighted by Gasteiger charge is 2.50. The number of benzene rings is 1. The number of urea groups is 1. The van der Waals surface area contributed by atoms with Crippen LogP contribution in [0.3, 0.4) is 0 Å². The number of hydrogen-bond donors (Lipinski definition) is 1. The summed E-state index contributed by atoms with van der Waals surface area (Å²) in [4.78, 5) is 40.4. The fourth-order valence-corrected chi connectivity index (χ4v) is 5.70. The van der Waals surface area contributed by atoms with E-state index >= 15 is 0 Å². The van der Waals surface area contributed by atoms with E-state index in [1.54, 1.807) is 25.1 Å². The number of sulfone groups is 1. The van der Waals surface area contributed by atoms with Crippen molar-refractivity contribution in [2.75, 3.05) is 38.3 Å². The van der Waals surface area contributed by atoms with Gasteiger partial charge in [-0.2, -0.15) is 0 Å². The predicted octanol–water partition coefficient (Wildman–Crippen LogP) is -0.130. The summed E-state index contributed by atoms with van der Waals surface area (Å²) in [5, 5.41) is 2.65. The predicted molar refractivity (Wildman–Crippen MR) is 105 cm³/mol. The van der Waals surface area contributed by atoms with Crippen molar-refractivity contribution in [1.82, 2.24) is 15.1 Å². The Morgan fingerprint density at radius 2 is 1.97 bits per heavy atom. The Morgan fingerprint density at radius 3 is 2.63 bits per heavy atom. The van der Waals surface area contributed by atoms with Gasteiger partial charge in [0, 0.05) is 13.1 Å². The molecule has 3 aliphatic heterocycles. The molecule has 4 amide bonds. The second kappa shape index (κ2) is 7.15. The highest BCUT2D eigenvalue weighted by atomic mass is 32.2. The summed E-state index contributed by atoms with van der Waals surface area (Å²) in [7, 11) is -1.67. The summed E-state index contributed by atoms with van der Waals surface area (Å²) < 4.78 is 34.4. The van der Waals surface area contributed by atoms with Gasteiger partial charge in [-0.15, -0.1) is 0 Å². The highest BCUT2D eigenvalue weighted by molar-refractivity contribution is 7.91. The molecular weight excluding hydrogens is 414 g/mol. The lowest BCUT2D eigenvalue weighted by molar-refractivity contribution is -0.139. The van der Waals surface area contributed by atoms with E-state index in [-0.39, 0.29) is 11.5 Å². The van der Waals surface area contributed by atoms with E-state index in [2.05, 4.69) is 5.32 Å². The number of carbonyl (C=O) groups is 3. The summed E-state index contributed by atoms with van der Waals surface area (Å²) in [6.45, 7) is 1.93. The van der Waals surface area contributed by atoms with Gasteiger partial charge in [0.1, 0.15) is 25.3 Å². The zero-order valence-corrected chi connectivity index (χ0v) is 17.5. The van der Waals surface area contributed by atoms with Crippen LogP contribution in [0.25, 0.3) is 0 Å². The van der Waals surface area contributed by atoms with Crippen molar-refractivity contribution in [3.63, 3.8) is 0 Å². The Kier molecular flexibility index (Phi) is 4.88. The molecule has 0 bridgehead atoms. The summed E-state index contributed by atoms with van der Waals surface area (Å²) >= 11 is 0. The molecule has 2 atom stereocenters. The van der Waals surface area contributed by atoms with Gasteiger partial charge in [0.2, 0.25) is 5.91 Å². The molecule has 0 unspecified atom stereocenters. The maximum Gasteiger partial charge on any atom is 0.325 e. The number of amides is 4. The number of rotatable bonds is 4. The van der Waals surface area contributed by atoms with E-state index in [0.29, 0.717) is 36.7 Å². The van der Waals surface area contributed by atoms with E-state index in [1.807, 2.05) is 0 Å². The average molecular weight is 437 g/mol. The Labute approximate surface area is 174 Å². The lowest BCUT2D eigenvalue weighted by Gasteiger charge is -2.26. The third-order valence-corrected chi connectivity index (χ3v) is 7.59. The van der Waals surface area contributed by atoms with E-state index in [0.717, 1.165) is 4.90 Å². The molecule has 3 aliphatic rings. The van der Waals surface area contributed by atoms with Crippen molar-refractivity contribution in [1.29, 1.82) is 0 Å². The second-order valence-electron chi connectivity index (χ2n) is 7.87. The van der Waals surface area contributed by atoms with Gasteiger partial charge in [0.15, 0.2) is 21.3 Å². The van der Waals surface area contributed by atoms with Crippen molar-refractivity contribution in [3.8, 4) is 11.5 Å². The first-order chi connectivity index (χ1) is 14.1. The largest absolute Gasteiger partial charge is 0.486 e. The van der Waals surface area contributed by atoms with Crippen LogP contribution in [0.2, 0.25) is 0 Å². The Balaban J connectivity index is 1.50. The van der Waals surface area contributed by atoms with Crippen molar-refractivity contribution in [2.45, 2.75) is 24.9 Å². The summed E-state index contributed by atoms with van der Waals surface area (Å²) in [6.07, 6.45) is 0.347. The third kappa shape index (κ3) is 3.47. The SMILES string of the molecule is CN(C(=O)CN1C(=O)N[C@@](C)(c2ccc3c(c2)OCCO3)C1=O)[C@H]1CCS(=O)(=O)C1. The van der Waals surface area contributed by atoms with Crippen LogP contribution in [0.5, 0.6) is 11.5 Å². The maximum absolute atomic E-state index is 13.1. The van der Waals surface area contributed by atoms with E-state index in [4.69, 9.17) is 9.47 Å². The first kappa shape index (κ1) is 20.5. The Morgan fingerprint density at radius 1 is 1.27 bits per heavy atom. The Hall–Kier alpha value is -2.82. The van der Waals surface area contributed by atoms with Crippen LogP contribution in [0.15, 0.2) is 18.2 Å². The fourth-order valence-electron chi connectivity index (χ4n) is 3.92. The van der Waals surface area contributed by atoms with Gasteiger partial charge in [-0.1, -0.05) is 6.07 Å². The number of fused-ring (bicyclic) bond motifs is 1. The smallest absolute Gasteiger partial charge is 0.325 e. The number of imide groups is 1. The van der Waals surface area contributed by atoms with Gasteiger partial charge in [0.25, 0.3) is 5.91 Å². The topological polar surface area (TPSA) is 122 Å². The zero-order valence-electron chi connectivity index (χ0n) is 16.7. The Bertz CT molecular complexity index is 1020. The molecule has 0 aromatic heterocycles. The molecule has 1 aromatic rings. The number of hydrogen-bond acceptors (Lipinski definition) is 7. The monoisotopic (exact) mass is 437 g/mol. The first-order valence-electron chi connectivity index (χ1n) is 9.61. The van der Waals surface area contributed by atoms with E-state index < -0.39 is 45.8 Å². The van der Waals surface area contributed by atoms with Crippen LogP contribution >= 0.6 is 0 Å². The maximum atomic E-state index is 13.1. The van der Waals surface area contributed by atoms with Crippen LogP contribution < -0.4 is 14.8 Å². The minimum Gasteiger partial charge on any atom is -0.486 e. The molecule has 2 fully saturated rings. The van der Waals surface area contributed by atoms with Gasteiger partial charge < -0.3 is 19.7 Å². The van der Waals surface area contributed by atoms with E-state index in [1.165, 1.54) is 11.9 Å². The normalized spacial score (nSPS) is 27.1. The molecule has 3 heterocycles. The number of carbonyl (C=O) groups excluding carboxylic acids is 3. The van der Waals surface area contributed by atoms with Crippen molar-refractivity contribution in [2.24, 2.45) is 0 Å². The summed E-state index contributed by atoms with van der Waals surface area (Å²) in [6, 6.07) is 3.86. The number of nitrogens with zero attached hydrogens (tertiary/aromatic N) is 2. The van der Waals surface area contributed by atoms with Gasteiger partial charge in [-0.05, 0) is 31.0 Å². The van der Waals surface area contributed by atoms with Crippen LogP contribution in [0.1, 0.15) is 18.9 Å². The molecular formula is C19H23N3O7S. The summed E-state index contributed by atoms with van der Waals surface area (Å²) in [5.74, 6) is -0.0912. The fraction of sp³-hybridized carbons (Fsp3) is 0.526. The molecule has 0 saturated carbocycles. The zero-order chi connectivity index (χ0) is 21.7. The molecule has 11 heteroatoms. The van der Waals surface area contributed by atoms with Crippen LogP contribution in [-0.4, -0.2) is 80.4 Å². The molecule has 0 radical (unpaired) electrons.